The molecule has 0 amide bonds. The molecule has 18 heavy (non-hydrogen) atoms. The zero-order valence-electron chi connectivity index (χ0n) is 10.0. The first-order valence-electron chi connectivity index (χ1n) is 5.75. The number of hydrogen-bond donors (Lipinski definition) is 0. The Morgan fingerprint density at radius 2 is 1.89 bits per heavy atom. The summed E-state index contributed by atoms with van der Waals surface area (Å²) in [5.41, 5.74) is 1.61. The van der Waals surface area contributed by atoms with Gasteiger partial charge in [0.15, 0.2) is 6.29 Å². The average molecular weight is 261 g/mol. The summed E-state index contributed by atoms with van der Waals surface area (Å²) < 4.78 is 5.67. The maximum atomic E-state index is 11.0. The monoisotopic (exact) mass is 260 g/mol. The number of halogens is 1. The maximum absolute atomic E-state index is 11.0. The van der Waals surface area contributed by atoms with Gasteiger partial charge in [0.2, 0.25) is 0 Å². The number of rotatable bonds is 4. The van der Waals surface area contributed by atoms with E-state index in [1.165, 1.54) is 5.56 Å². The predicted octanol–water partition coefficient (Wildman–Crippen LogP) is 4.51. The van der Waals surface area contributed by atoms with Crippen LogP contribution in [0.1, 0.15) is 22.8 Å². The number of carbonyl (C=O) groups is 1. The first-order valence-corrected chi connectivity index (χ1v) is 6.13. The van der Waals surface area contributed by atoms with Crippen molar-refractivity contribution in [3.05, 3.63) is 58.6 Å². The molecule has 2 aromatic carbocycles. The van der Waals surface area contributed by atoms with Crippen LogP contribution >= 0.6 is 11.6 Å². The Bertz CT molecular complexity index is 547. The highest BCUT2D eigenvalue weighted by molar-refractivity contribution is 6.33. The van der Waals surface area contributed by atoms with E-state index in [9.17, 15) is 4.79 Å². The van der Waals surface area contributed by atoms with Crippen LogP contribution in [-0.2, 0) is 6.42 Å². The van der Waals surface area contributed by atoms with Gasteiger partial charge in [0, 0.05) is 0 Å². The Morgan fingerprint density at radius 1 is 1.17 bits per heavy atom. The molecule has 0 atom stereocenters. The van der Waals surface area contributed by atoms with Crippen LogP contribution in [0.2, 0.25) is 5.02 Å². The van der Waals surface area contributed by atoms with Crippen molar-refractivity contribution < 1.29 is 9.53 Å². The largest absolute Gasteiger partial charge is 0.457 e. The number of aldehydes is 1. The standard InChI is InChI=1S/C15H13ClO2/c1-2-11-6-8-12(9-7-11)18-15-5-3-4-14(16)13(15)10-17/h3-10H,2H2,1H3. The van der Waals surface area contributed by atoms with E-state index >= 15 is 0 Å². The Labute approximate surface area is 111 Å². The van der Waals surface area contributed by atoms with Gasteiger partial charge in [-0.1, -0.05) is 36.7 Å². The smallest absolute Gasteiger partial charge is 0.155 e. The molecule has 0 aliphatic carbocycles. The van der Waals surface area contributed by atoms with Gasteiger partial charge >= 0.3 is 0 Å². The van der Waals surface area contributed by atoms with Gasteiger partial charge in [0.25, 0.3) is 0 Å². The molecule has 0 aliphatic rings. The fourth-order valence-electron chi connectivity index (χ4n) is 1.64. The number of hydrogen-bond acceptors (Lipinski definition) is 2. The molecular weight excluding hydrogens is 248 g/mol. The topological polar surface area (TPSA) is 26.3 Å². The lowest BCUT2D eigenvalue weighted by Gasteiger charge is -2.09. The first-order chi connectivity index (χ1) is 8.74. The molecule has 0 spiro atoms. The van der Waals surface area contributed by atoms with Crippen molar-refractivity contribution in [2.45, 2.75) is 13.3 Å². The number of carbonyl (C=O) groups excluding carboxylic acids is 1. The minimum absolute atomic E-state index is 0.374. The first kappa shape index (κ1) is 12.7. The second-order valence-corrected chi connectivity index (χ2v) is 4.28. The number of aryl methyl sites for hydroxylation is 1. The van der Waals surface area contributed by atoms with Crippen LogP contribution in [0.4, 0.5) is 0 Å². The lowest BCUT2D eigenvalue weighted by molar-refractivity contribution is 0.112. The molecule has 0 aromatic heterocycles. The summed E-state index contributed by atoms with van der Waals surface area (Å²) in [6.07, 6.45) is 1.69. The van der Waals surface area contributed by atoms with Gasteiger partial charge in [-0.3, -0.25) is 4.79 Å². The van der Waals surface area contributed by atoms with Gasteiger partial charge in [-0.05, 0) is 36.2 Å². The molecule has 0 radical (unpaired) electrons. The second kappa shape index (κ2) is 5.69. The van der Waals surface area contributed by atoms with Crippen LogP contribution in [0.25, 0.3) is 0 Å². The summed E-state index contributed by atoms with van der Waals surface area (Å²) in [5, 5.41) is 0.396. The second-order valence-electron chi connectivity index (χ2n) is 3.87. The fourth-order valence-corrected chi connectivity index (χ4v) is 1.85. The third kappa shape index (κ3) is 2.71. The third-order valence-electron chi connectivity index (χ3n) is 2.69. The van der Waals surface area contributed by atoms with E-state index < -0.39 is 0 Å². The highest BCUT2D eigenvalue weighted by Crippen LogP contribution is 2.29. The molecule has 92 valence electrons. The summed E-state index contributed by atoms with van der Waals surface area (Å²) >= 11 is 5.93. The van der Waals surface area contributed by atoms with Crippen molar-refractivity contribution >= 4 is 17.9 Å². The quantitative estimate of drug-likeness (QED) is 0.756. The van der Waals surface area contributed by atoms with Crippen LogP contribution < -0.4 is 4.74 Å². The molecule has 0 N–H and O–H groups in total. The zero-order valence-corrected chi connectivity index (χ0v) is 10.8. The lowest BCUT2D eigenvalue weighted by atomic mass is 10.2. The molecule has 0 unspecified atom stereocenters. The minimum Gasteiger partial charge on any atom is -0.457 e. The molecule has 2 aromatic rings. The molecule has 0 saturated heterocycles. The van der Waals surface area contributed by atoms with Crippen molar-refractivity contribution in [3.63, 3.8) is 0 Å². The van der Waals surface area contributed by atoms with Crippen molar-refractivity contribution in [3.8, 4) is 11.5 Å². The molecule has 0 bridgehead atoms. The van der Waals surface area contributed by atoms with Gasteiger partial charge in [0.05, 0.1) is 10.6 Å². The van der Waals surface area contributed by atoms with Crippen molar-refractivity contribution in [1.82, 2.24) is 0 Å². The van der Waals surface area contributed by atoms with Crippen molar-refractivity contribution in [2.75, 3.05) is 0 Å². The molecular formula is C15H13ClO2. The van der Waals surface area contributed by atoms with Crippen molar-refractivity contribution in [1.29, 1.82) is 0 Å². The Hall–Kier alpha value is -1.80. The Morgan fingerprint density at radius 3 is 2.50 bits per heavy atom. The Kier molecular flexibility index (Phi) is 4.00. The SMILES string of the molecule is CCc1ccc(Oc2cccc(Cl)c2C=O)cc1. The maximum Gasteiger partial charge on any atom is 0.155 e. The van der Waals surface area contributed by atoms with E-state index in [0.717, 1.165) is 6.42 Å². The average Bonchev–Trinajstić information content (AvgIpc) is 2.40. The summed E-state index contributed by atoms with van der Waals surface area (Å²) in [4.78, 5) is 11.0. The van der Waals surface area contributed by atoms with Gasteiger partial charge in [0.1, 0.15) is 11.5 Å². The van der Waals surface area contributed by atoms with Crippen LogP contribution in [0.5, 0.6) is 11.5 Å². The highest BCUT2D eigenvalue weighted by atomic mass is 35.5. The molecule has 2 nitrogen and oxygen atoms in total. The summed E-state index contributed by atoms with van der Waals surface area (Å²) in [6, 6.07) is 12.9. The summed E-state index contributed by atoms with van der Waals surface area (Å²) in [6.45, 7) is 2.09. The van der Waals surface area contributed by atoms with Crippen LogP contribution in [-0.4, -0.2) is 6.29 Å². The summed E-state index contributed by atoms with van der Waals surface area (Å²) in [5.74, 6) is 1.17. The lowest BCUT2D eigenvalue weighted by Crippen LogP contribution is -1.91. The van der Waals surface area contributed by atoms with Gasteiger partial charge in [-0.25, -0.2) is 0 Å². The minimum atomic E-state index is 0.374. The van der Waals surface area contributed by atoms with Crippen molar-refractivity contribution in [2.24, 2.45) is 0 Å². The molecule has 2 rings (SSSR count). The van der Waals surface area contributed by atoms with Gasteiger partial charge in [-0.2, -0.15) is 0 Å². The normalized spacial score (nSPS) is 10.1. The highest BCUT2D eigenvalue weighted by Gasteiger charge is 2.07. The van der Waals surface area contributed by atoms with Crippen LogP contribution in [0, 0.1) is 0 Å². The fraction of sp³-hybridized carbons (Fsp3) is 0.133. The molecule has 0 aliphatic heterocycles. The number of benzene rings is 2. The molecule has 0 fully saturated rings. The Balaban J connectivity index is 2.28. The molecule has 3 heteroatoms. The van der Waals surface area contributed by atoms with Crippen LogP contribution in [0.3, 0.4) is 0 Å². The zero-order chi connectivity index (χ0) is 13.0. The van der Waals surface area contributed by atoms with E-state index in [0.29, 0.717) is 28.4 Å². The van der Waals surface area contributed by atoms with E-state index in [-0.39, 0.29) is 0 Å². The van der Waals surface area contributed by atoms with E-state index in [1.54, 1.807) is 18.2 Å². The van der Waals surface area contributed by atoms with E-state index in [4.69, 9.17) is 16.3 Å². The predicted molar refractivity (Wildman–Crippen MR) is 72.7 cm³/mol. The molecule has 0 saturated carbocycles. The summed E-state index contributed by atoms with van der Waals surface area (Å²) in [7, 11) is 0. The van der Waals surface area contributed by atoms with Crippen LogP contribution in [0.15, 0.2) is 42.5 Å². The van der Waals surface area contributed by atoms with E-state index in [2.05, 4.69) is 6.92 Å². The van der Waals surface area contributed by atoms with E-state index in [1.807, 2.05) is 24.3 Å². The number of ether oxygens (including phenoxy) is 1. The third-order valence-corrected chi connectivity index (χ3v) is 3.02. The molecule has 0 heterocycles. The van der Waals surface area contributed by atoms with Gasteiger partial charge in [-0.15, -0.1) is 0 Å². The van der Waals surface area contributed by atoms with Gasteiger partial charge < -0.3 is 4.74 Å².